The van der Waals surface area contributed by atoms with Gasteiger partial charge in [0.15, 0.2) is 0 Å². The lowest BCUT2D eigenvalue weighted by Gasteiger charge is -2.13. The number of aryl methyl sites for hydroxylation is 2. The SMILES string of the molecule is CCc1cc(S(=O)(=O)Cl)cc(CC)c1NC=O. The van der Waals surface area contributed by atoms with Crippen LogP contribution in [-0.2, 0) is 26.7 Å². The van der Waals surface area contributed by atoms with E-state index in [0.717, 1.165) is 11.1 Å². The molecular formula is C11H14ClNO3S. The van der Waals surface area contributed by atoms with E-state index >= 15 is 0 Å². The molecule has 0 heterocycles. The second-order valence-corrected chi connectivity index (χ2v) is 6.09. The predicted octanol–water partition coefficient (Wildman–Crippen LogP) is 2.31. The summed E-state index contributed by atoms with van der Waals surface area (Å²) in [6, 6.07) is 2.99. The number of benzene rings is 1. The molecule has 1 N–H and O–H groups in total. The first-order valence-corrected chi connectivity index (χ1v) is 7.55. The Labute approximate surface area is 105 Å². The summed E-state index contributed by atoms with van der Waals surface area (Å²) < 4.78 is 22.6. The monoisotopic (exact) mass is 275 g/mol. The van der Waals surface area contributed by atoms with Gasteiger partial charge in [-0.2, -0.15) is 0 Å². The molecule has 17 heavy (non-hydrogen) atoms. The van der Waals surface area contributed by atoms with Crippen molar-refractivity contribution in [3.8, 4) is 0 Å². The average Bonchev–Trinajstić information content (AvgIpc) is 2.28. The molecule has 6 heteroatoms. The van der Waals surface area contributed by atoms with E-state index in [-0.39, 0.29) is 4.90 Å². The van der Waals surface area contributed by atoms with Gasteiger partial charge in [-0.3, -0.25) is 4.79 Å². The van der Waals surface area contributed by atoms with Crippen LogP contribution in [0.15, 0.2) is 17.0 Å². The quantitative estimate of drug-likeness (QED) is 0.662. The summed E-state index contributed by atoms with van der Waals surface area (Å²) in [7, 11) is 1.58. The number of hydrogen-bond donors (Lipinski definition) is 1. The van der Waals surface area contributed by atoms with Gasteiger partial charge in [-0.15, -0.1) is 0 Å². The van der Waals surface area contributed by atoms with Crippen LogP contribution in [0.3, 0.4) is 0 Å². The lowest BCUT2D eigenvalue weighted by Crippen LogP contribution is -2.05. The highest BCUT2D eigenvalue weighted by Gasteiger charge is 2.15. The van der Waals surface area contributed by atoms with Crippen LogP contribution in [0.2, 0.25) is 0 Å². The van der Waals surface area contributed by atoms with Gasteiger partial charge in [-0.1, -0.05) is 13.8 Å². The molecule has 0 atom stereocenters. The Morgan fingerprint density at radius 2 is 1.71 bits per heavy atom. The van der Waals surface area contributed by atoms with Gasteiger partial charge < -0.3 is 5.32 Å². The molecular weight excluding hydrogens is 262 g/mol. The summed E-state index contributed by atoms with van der Waals surface area (Å²) in [5.41, 5.74) is 2.19. The highest BCUT2D eigenvalue weighted by molar-refractivity contribution is 8.13. The summed E-state index contributed by atoms with van der Waals surface area (Å²) in [5.74, 6) is 0. The number of nitrogens with one attached hydrogen (secondary N) is 1. The van der Waals surface area contributed by atoms with Crippen molar-refractivity contribution in [2.75, 3.05) is 5.32 Å². The summed E-state index contributed by atoms with van der Waals surface area (Å²) >= 11 is 0. The fraction of sp³-hybridized carbons (Fsp3) is 0.364. The fourth-order valence-corrected chi connectivity index (χ4v) is 2.51. The second-order valence-electron chi connectivity index (χ2n) is 3.52. The van der Waals surface area contributed by atoms with Gasteiger partial charge in [0.05, 0.1) is 4.90 Å². The number of carbonyl (C=O) groups is 1. The number of anilines is 1. The molecule has 0 fully saturated rings. The third kappa shape index (κ3) is 3.20. The van der Waals surface area contributed by atoms with Crippen molar-refractivity contribution in [2.24, 2.45) is 0 Å². The van der Waals surface area contributed by atoms with Crippen molar-refractivity contribution in [1.29, 1.82) is 0 Å². The summed E-state index contributed by atoms with van der Waals surface area (Å²) in [6.07, 6.45) is 1.81. The maximum Gasteiger partial charge on any atom is 0.261 e. The van der Waals surface area contributed by atoms with E-state index in [1.807, 2.05) is 13.8 Å². The molecule has 1 aromatic carbocycles. The minimum Gasteiger partial charge on any atom is -0.328 e. The van der Waals surface area contributed by atoms with E-state index in [1.165, 1.54) is 12.1 Å². The zero-order valence-electron chi connectivity index (χ0n) is 9.66. The van der Waals surface area contributed by atoms with Crippen molar-refractivity contribution in [2.45, 2.75) is 31.6 Å². The largest absolute Gasteiger partial charge is 0.328 e. The van der Waals surface area contributed by atoms with Gasteiger partial charge in [0.1, 0.15) is 0 Å². The molecule has 1 aromatic rings. The van der Waals surface area contributed by atoms with Gasteiger partial charge >= 0.3 is 0 Å². The van der Waals surface area contributed by atoms with Crippen LogP contribution in [0, 0.1) is 0 Å². The second kappa shape index (κ2) is 5.51. The Kier molecular flexibility index (Phi) is 4.54. The van der Waals surface area contributed by atoms with Crippen molar-refractivity contribution in [3.63, 3.8) is 0 Å². The number of hydrogen-bond acceptors (Lipinski definition) is 3. The van der Waals surface area contributed by atoms with E-state index in [2.05, 4.69) is 5.32 Å². The molecule has 1 rings (SSSR count). The maximum absolute atomic E-state index is 11.3. The Balaban J connectivity index is 3.49. The van der Waals surface area contributed by atoms with Crippen LogP contribution < -0.4 is 5.32 Å². The van der Waals surface area contributed by atoms with Gasteiger partial charge in [0.2, 0.25) is 6.41 Å². The first-order chi connectivity index (χ1) is 7.93. The minimum absolute atomic E-state index is 0.0734. The Morgan fingerprint density at radius 3 is 2.00 bits per heavy atom. The molecule has 0 radical (unpaired) electrons. The van der Waals surface area contributed by atoms with Gasteiger partial charge in [-0.25, -0.2) is 8.42 Å². The smallest absolute Gasteiger partial charge is 0.261 e. The van der Waals surface area contributed by atoms with E-state index in [1.54, 1.807) is 0 Å². The number of rotatable bonds is 5. The maximum atomic E-state index is 11.3. The van der Waals surface area contributed by atoms with Crippen molar-refractivity contribution >= 4 is 31.8 Å². The molecule has 1 amide bonds. The molecule has 0 saturated carbocycles. The molecule has 0 saturated heterocycles. The number of halogens is 1. The van der Waals surface area contributed by atoms with E-state index in [4.69, 9.17) is 10.7 Å². The number of amides is 1. The fourth-order valence-electron chi connectivity index (χ4n) is 1.68. The van der Waals surface area contributed by atoms with Crippen LogP contribution >= 0.6 is 10.7 Å². The van der Waals surface area contributed by atoms with Gasteiger partial charge in [-0.05, 0) is 36.1 Å². The van der Waals surface area contributed by atoms with Crippen LogP contribution in [0.1, 0.15) is 25.0 Å². The van der Waals surface area contributed by atoms with Gasteiger partial charge in [0.25, 0.3) is 9.05 Å². The Hall–Kier alpha value is -1.07. The standard InChI is InChI=1S/C11H14ClNO3S/c1-3-8-5-10(17(12,15)16)6-9(4-2)11(8)13-7-14/h5-7H,3-4H2,1-2H3,(H,13,14). The average molecular weight is 276 g/mol. The lowest BCUT2D eigenvalue weighted by molar-refractivity contribution is -0.105. The molecule has 0 bridgehead atoms. The predicted molar refractivity (Wildman–Crippen MR) is 67.9 cm³/mol. The third-order valence-electron chi connectivity index (χ3n) is 2.52. The van der Waals surface area contributed by atoms with E-state index in [9.17, 15) is 13.2 Å². The van der Waals surface area contributed by atoms with E-state index in [0.29, 0.717) is 24.9 Å². The van der Waals surface area contributed by atoms with Crippen LogP contribution in [-0.4, -0.2) is 14.8 Å². The van der Waals surface area contributed by atoms with Crippen molar-refractivity contribution in [1.82, 2.24) is 0 Å². The molecule has 0 aliphatic carbocycles. The van der Waals surface area contributed by atoms with Crippen molar-refractivity contribution in [3.05, 3.63) is 23.3 Å². The molecule has 94 valence electrons. The summed E-state index contributed by atoms with van der Waals surface area (Å²) in [4.78, 5) is 10.6. The zero-order valence-corrected chi connectivity index (χ0v) is 11.2. The molecule has 0 unspecified atom stereocenters. The van der Waals surface area contributed by atoms with E-state index < -0.39 is 9.05 Å². The summed E-state index contributed by atoms with van der Waals surface area (Å²) in [6.45, 7) is 3.77. The topological polar surface area (TPSA) is 63.2 Å². The van der Waals surface area contributed by atoms with Crippen LogP contribution in [0.25, 0.3) is 0 Å². The molecule has 0 aliphatic heterocycles. The minimum atomic E-state index is -3.74. The summed E-state index contributed by atoms with van der Waals surface area (Å²) in [5, 5.41) is 2.61. The van der Waals surface area contributed by atoms with Crippen LogP contribution in [0.5, 0.6) is 0 Å². The molecule has 0 spiro atoms. The highest BCUT2D eigenvalue weighted by atomic mass is 35.7. The molecule has 0 aromatic heterocycles. The number of carbonyl (C=O) groups excluding carboxylic acids is 1. The molecule has 0 aliphatic rings. The first kappa shape index (κ1) is 14.0. The van der Waals surface area contributed by atoms with Crippen LogP contribution in [0.4, 0.5) is 5.69 Å². The Morgan fingerprint density at radius 1 is 1.24 bits per heavy atom. The third-order valence-corrected chi connectivity index (χ3v) is 3.86. The Bertz CT molecular complexity index is 501. The van der Waals surface area contributed by atoms with Gasteiger partial charge in [0, 0.05) is 16.4 Å². The normalized spacial score (nSPS) is 11.2. The highest BCUT2D eigenvalue weighted by Crippen LogP contribution is 2.28. The first-order valence-electron chi connectivity index (χ1n) is 5.24. The van der Waals surface area contributed by atoms with Crippen molar-refractivity contribution < 1.29 is 13.2 Å². The molecule has 4 nitrogen and oxygen atoms in total. The lowest BCUT2D eigenvalue weighted by atomic mass is 10.0. The zero-order chi connectivity index (χ0) is 13.1.